The Morgan fingerprint density at radius 2 is 2.18 bits per heavy atom. The third kappa shape index (κ3) is 3.31. The molecule has 2 rings (SSSR count). The number of nitrogens with two attached hydrogens (primary N) is 1. The number of thiophene rings is 1. The second-order valence-electron chi connectivity index (χ2n) is 3.40. The van der Waals surface area contributed by atoms with E-state index in [1.165, 1.54) is 0 Å². The largest absolute Gasteiger partial charge is 0.398 e. The Kier molecular flexibility index (Phi) is 4.25. The smallest absolute Gasteiger partial charge is 0.0635 e. The lowest BCUT2D eigenvalue weighted by Gasteiger charge is -2.05. The Morgan fingerprint density at radius 3 is 2.82 bits per heavy atom. The molecule has 0 aliphatic rings. The van der Waals surface area contributed by atoms with Crippen molar-refractivity contribution in [1.82, 2.24) is 0 Å². The second kappa shape index (κ2) is 5.52. The van der Waals surface area contributed by atoms with E-state index in [0.717, 1.165) is 9.35 Å². The lowest BCUT2D eigenvalue weighted by atomic mass is 10.3. The third-order valence-electron chi connectivity index (χ3n) is 2.12. The molecule has 0 bridgehead atoms. The highest BCUT2D eigenvalue weighted by molar-refractivity contribution is 9.10. The van der Waals surface area contributed by atoms with Crippen molar-refractivity contribution in [2.45, 2.75) is 10.6 Å². The molecular weight excluding hydrogens is 342 g/mol. The van der Waals surface area contributed by atoms with Crippen molar-refractivity contribution >= 4 is 55.4 Å². The Labute approximate surface area is 119 Å². The Hall–Kier alpha value is -0.360. The van der Waals surface area contributed by atoms with Gasteiger partial charge in [-0.25, -0.2) is 0 Å². The topological polar surface area (TPSA) is 43.1 Å². The molecule has 17 heavy (non-hydrogen) atoms. The Bertz CT molecular complexity index is 570. The van der Waals surface area contributed by atoms with E-state index in [1.807, 2.05) is 11.4 Å². The maximum Gasteiger partial charge on any atom is 0.0635 e. The first-order chi connectivity index (χ1) is 8.06. The summed E-state index contributed by atoms with van der Waals surface area (Å²) in [5.74, 6) is 0.459. The van der Waals surface area contributed by atoms with Gasteiger partial charge < -0.3 is 5.73 Å². The van der Waals surface area contributed by atoms with Crippen molar-refractivity contribution < 1.29 is 4.21 Å². The standard InChI is InChI=1S/C11H9BrClNOS2/c12-7-3-9(16-5-7)6-17(15)11-4-8(13)1-2-10(11)14/h1-5H,6,14H2. The summed E-state index contributed by atoms with van der Waals surface area (Å²) in [5, 5.41) is 2.52. The van der Waals surface area contributed by atoms with Gasteiger partial charge in [0.25, 0.3) is 0 Å². The molecule has 2 N–H and O–H groups in total. The quantitative estimate of drug-likeness (QED) is 0.848. The number of nitrogen functional groups attached to an aromatic ring is 1. The molecule has 6 heteroatoms. The predicted molar refractivity (Wildman–Crippen MR) is 78.0 cm³/mol. The minimum absolute atomic E-state index is 0.459. The molecular formula is C11H9BrClNOS2. The van der Waals surface area contributed by atoms with E-state index >= 15 is 0 Å². The van der Waals surface area contributed by atoms with Gasteiger partial charge in [-0.2, -0.15) is 0 Å². The van der Waals surface area contributed by atoms with Crippen LogP contribution in [0.1, 0.15) is 4.88 Å². The Balaban J connectivity index is 2.22. The van der Waals surface area contributed by atoms with Crippen molar-refractivity contribution in [1.29, 1.82) is 0 Å². The molecule has 1 atom stereocenters. The molecule has 0 aliphatic heterocycles. The second-order valence-corrected chi connectivity index (χ2v) is 7.17. The zero-order valence-corrected chi connectivity index (χ0v) is 12.6. The van der Waals surface area contributed by atoms with Crippen LogP contribution in [-0.2, 0) is 16.6 Å². The average molecular weight is 351 g/mol. The van der Waals surface area contributed by atoms with Gasteiger partial charge in [-0.15, -0.1) is 11.3 Å². The van der Waals surface area contributed by atoms with Crippen molar-refractivity contribution in [3.05, 3.63) is 44.0 Å². The molecule has 0 saturated heterocycles. The number of hydrogen-bond acceptors (Lipinski definition) is 3. The molecule has 0 aliphatic carbocycles. The molecule has 1 unspecified atom stereocenters. The molecule has 1 aromatic carbocycles. The fourth-order valence-corrected chi connectivity index (χ4v) is 4.49. The molecule has 0 fully saturated rings. The van der Waals surface area contributed by atoms with Gasteiger partial charge in [-0.1, -0.05) is 11.6 Å². The van der Waals surface area contributed by atoms with E-state index < -0.39 is 10.8 Å². The van der Waals surface area contributed by atoms with Crippen LogP contribution in [0.25, 0.3) is 0 Å². The van der Waals surface area contributed by atoms with Gasteiger partial charge in [0.1, 0.15) is 0 Å². The highest BCUT2D eigenvalue weighted by Crippen LogP contribution is 2.26. The van der Waals surface area contributed by atoms with E-state index in [-0.39, 0.29) is 0 Å². The van der Waals surface area contributed by atoms with Gasteiger partial charge >= 0.3 is 0 Å². The van der Waals surface area contributed by atoms with E-state index in [1.54, 1.807) is 29.5 Å². The third-order valence-corrected chi connectivity index (χ3v) is 5.65. The van der Waals surface area contributed by atoms with Crippen molar-refractivity contribution in [3.63, 3.8) is 0 Å². The van der Waals surface area contributed by atoms with E-state index in [9.17, 15) is 4.21 Å². The fourth-order valence-electron chi connectivity index (χ4n) is 1.34. The van der Waals surface area contributed by atoms with Crippen LogP contribution in [0.5, 0.6) is 0 Å². The highest BCUT2D eigenvalue weighted by atomic mass is 79.9. The van der Waals surface area contributed by atoms with Gasteiger partial charge in [-0.3, -0.25) is 4.21 Å². The number of anilines is 1. The van der Waals surface area contributed by atoms with E-state index in [4.69, 9.17) is 17.3 Å². The van der Waals surface area contributed by atoms with Crippen molar-refractivity contribution in [3.8, 4) is 0 Å². The number of rotatable bonds is 3. The maximum atomic E-state index is 12.2. The number of benzene rings is 1. The van der Waals surface area contributed by atoms with Gasteiger partial charge in [0.2, 0.25) is 0 Å². The van der Waals surface area contributed by atoms with Crippen LogP contribution >= 0.6 is 38.9 Å². The monoisotopic (exact) mass is 349 g/mol. The SMILES string of the molecule is Nc1ccc(Cl)cc1S(=O)Cc1cc(Br)cs1. The van der Waals surface area contributed by atoms with Crippen LogP contribution in [0.15, 0.2) is 39.0 Å². The van der Waals surface area contributed by atoms with Crippen LogP contribution in [0, 0.1) is 0 Å². The van der Waals surface area contributed by atoms with Gasteiger partial charge in [0, 0.05) is 25.4 Å². The molecule has 0 amide bonds. The predicted octanol–water partition coefficient (Wildman–Crippen LogP) is 4.05. The minimum atomic E-state index is -1.16. The zero-order chi connectivity index (χ0) is 12.4. The van der Waals surface area contributed by atoms with Gasteiger partial charge in [0.15, 0.2) is 0 Å². The highest BCUT2D eigenvalue weighted by Gasteiger charge is 2.10. The lowest BCUT2D eigenvalue weighted by molar-refractivity contribution is 0.683. The first kappa shape index (κ1) is 13.1. The summed E-state index contributed by atoms with van der Waals surface area (Å²) in [7, 11) is -1.16. The van der Waals surface area contributed by atoms with Crippen LogP contribution in [0.3, 0.4) is 0 Å². The summed E-state index contributed by atoms with van der Waals surface area (Å²) in [4.78, 5) is 1.65. The number of halogens is 2. The molecule has 2 nitrogen and oxygen atoms in total. The van der Waals surface area contributed by atoms with Crippen molar-refractivity contribution in [2.24, 2.45) is 0 Å². The number of hydrogen-bond donors (Lipinski definition) is 1. The summed E-state index contributed by atoms with van der Waals surface area (Å²) in [6.07, 6.45) is 0. The normalized spacial score (nSPS) is 12.6. The molecule has 2 aromatic rings. The summed E-state index contributed by atoms with van der Waals surface area (Å²) >= 11 is 10.8. The fraction of sp³-hybridized carbons (Fsp3) is 0.0909. The van der Waals surface area contributed by atoms with Crippen LogP contribution in [0.4, 0.5) is 5.69 Å². The lowest BCUT2D eigenvalue weighted by Crippen LogP contribution is -1.99. The van der Waals surface area contributed by atoms with E-state index in [0.29, 0.717) is 21.4 Å². The molecule has 90 valence electrons. The van der Waals surface area contributed by atoms with Gasteiger partial charge in [-0.05, 0) is 40.2 Å². The summed E-state index contributed by atoms with van der Waals surface area (Å²) in [6.45, 7) is 0. The van der Waals surface area contributed by atoms with Crippen molar-refractivity contribution in [2.75, 3.05) is 5.73 Å². The molecule has 0 saturated carbocycles. The zero-order valence-electron chi connectivity index (χ0n) is 8.65. The summed E-state index contributed by atoms with van der Waals surface area (Å²) in [6, 6.07) is 7.00. The van der Waals surface area contributed by atoms with E-state index in [2.05, 4.69) is 15.9 Å². The maximum absolute atomic E-state index is 12.2. The van der Waals surface area contributed by atoms with Gasteiger partial charge in [0.05, 0.1) is 21.4 Å². The molecule has 1 heterocycles. The molecule has 0 spiro atoms. The molecule has 1 aromatic heterocycles. The summed E-state index contributed by atoms with van der Waals surface area (Å²) in [5.41, 5.74) is 6.31. The Morgan fingerprint density at radius 1 is 1.41 bits per heavy atom. The molecule has 0 radical (unpaired) electrons. The summed E-state index contributed by atoms with van der Waals surface area (Å²) < 4.78 is 13.2. The minimum Gasteiger partial charge on any atom is -0.398 e. The van der Waals surface area contributed by atoms with Crippen LogP contribution in [0.2, 0.25) is 5.02 Å². The first-order valence-electron chi connectivity index (χ1n) is 4.72. The van der Waals surface area contributed by atoms with Crippen LogP contribution < -0.4 is 5.73 Å². The first-order valence-corrected chi connectivity index (χ1v) is 8.09. The average Bonchev–Trinajstić information content (AvgIpc) is 2.67. The van der Waals surface area contributed by atoms with Crippen LogP contribution in [-0.4, -0.2) is 4.21 Å².